The van der Waals surface area contributed by atoms with Crippen LogP contribution < -0.4 is 5.32 Å². The summed E-state index contributed by atoms with van der Waals surface area (Å²) < 4.78 is 0. The highest BCUT2D eigenvalue weighted by atomic mass is 35.5. The minimum absolute atomic E-state index is 0.562. The molecule has 0 aromatic heterocycles. The second kappa shape index (κ2) is 5.49. The summed E-state index contributed by atoms with van der Waals surface area (Å²) in [4.78, 5) is 0. The van der Waals surface area contributed by atoms with Crippen LogP contribution in [0, 0.1) is 12.3 Å². The molecule has 14 heavy (non-hydrogen) atoms. The van der Waals surface area contributed by atoms with Gasteiger partial charge in [0.15, 0.2) is 0 Å². The fourth-order valence-corrected chi connectivity index (χ4v) is 1.20. The molecule has 0 aliphatic heterocycles. The van der Waals surface area contributed by atoms with Gasteiger partial charge in [-0.1, -0.05) is 36.2 Å². The van der Waals surface area contributed by atoms with E-state index in [-0.39, 0.29) is 0 Å². The largest absolute Gasteiger partial charge is 0.302 e. The summed E-state index contributed by atoms with van der Waals surface area (Å²) in [5.74, 6) is 2.51. The van der Waals surface area contributed by atoms with Gasteiger partial charge in [-0.25, -0.2) is 0 Å². The van der Waals surface area contributed by atoms with Gasteiger partial charge in [-0.3, -0.25) is 0 Å². The molecule has 1 aromatic rings. The van der Waals surface area contributed by atoms with Crippen LogP contribution in [0.2, 0.25) is 5.02 Å². The lowest BCUT2D eigenvalue weighted by atomic mass is 10.1. The molecule has 1 aromatic carbocycles. The van der Waals surface area contributed by atoms with Crippen molar-refractivity contribution in [3.63, 3.8) is 0 Å². The van der Waals surface area contributed by atoms with Gasteiger partial charge in [0.1, 0.15) is 0 Å². The molecule has 1 nitrogen and oxygen atoms in total. The Bertz CT molecular complexity index is 346. The zero-order valence-electron chi connectivity index (χ0n) is 7.89. The molecule has 0 aliphatic carbocycles. The monoisotopic (exact) mass is 205 g/mol. The maximum atomic E-state index is 5.77. The van der Waals surface area contributed by atoms with Gasteiger partial charge in [-0.05, 0) is 23.3 Å². The average molecular weight is 206 g/mol. The quantitative estimate of drug-likeness (QED) is 0.589. The number of terminal acetylenes is 1. The zero-order chi connectivity index (χ0) is 10.4. The lowest BCUT2D eigenvalue weighted by Crippen LogP contribution is -2.16. The molecule has 0 saturated carbocycles. The first-order valence-corrected chi connectivity index (χ1v) is 4.69. The van der Waals surface area contributed by atoms with Crippen molar-refractivity contribution >= 4 is 17.2 Å². The Kier molecular flexibility index (Phi) is 4.25. The van der Waals surface area contributed by atoms with Crippen LogP contribution in [0.1, 0.15) is 5.56 Å². The van der Waals surface area contributed by atoms with Crippen molar-refractivity contribution in [2.75, 3.05) is 13.1 Å². The first-order chi connectivity index (χ1) is 6.74. The zero-order valence-corrected chi connectivity index (χ0v) is 8.64. The third kappa shape index (κ3) is 3.26. The highest BCUT2D eigenvalue weighted by molar-refractivity contribution is 6.30. The van der Waals surface area contributed by atoms with Crippen molar-refractivity contribution < 1.29 is 0 Å². The minimum Gasteiger partial charge on any atom is -0.302 e. The molecular weight excluding hydrogens is 194 g/mol. The van der Waals surface area contributed by atoms with E-state index in [4.69, 9.17) is 18.0 Å². The van der Waals surface area contributed by atoms with E-state index >= 15 is 0 Å². The summed E-state index contributed by atoms with van der Waals surface area (Å²) in [6, 6.07) is 7.59. The highest BCUT2D eigenvalue weighted by Crippen LogP contribution is 2.15. The van der Waals surface area contributed by atoms with E-state index in [1.54, 1.807) is 0 Å². The van der Waals surface area contributed by atoms with Crippen LogP contribution in [0.25, 0.3) is 5.57 Å². The van der Waals surface area contributed by atoms with Crippen LogP contribution in [0.3, 0.4) is 0 Å². The lowest BCUT2D eigenvalue weighted by Gasteiger charge is -2.05. The normalized spacial score (nSPS) is 9.43. The molecule has 0 heterocycles. The third-order valence-corrected chi connectivity index (χ3v) is 2.07. The minimum atomic E-state index is 0.562. The van der Waals surface area contributed by atoms with Crippen LogP contribution in [-0.2, 0) is 0 Å². The van der Waals surface area contributed by atoms with Gasteiger partial charge >= 0.3 is 0 Å². The molecular formula is C12H12ClN. The van der Waals surface area contributed by atoms with E-state index < -0.39 is 0 Å². The molecule has 0 fully saturated rings. The summed E-state index contributed by atoms with van der Waals surface area (Å²) in [6.07, 6.45) is 5.11. The van der Waals surface area contributed by atoms with Crippen LogP contribution >= 0.6 is 11.6 Å². The molecule has 0 spiro atoms. The topological polar surface area (TPSA) is 12.0 Å². The van der Waals surface area contributed by atoms with Crippen molar-refractivity contribution in [3.05, 3.63) is 41.4 Å². The van der Waals surface area contributed by atoms with Gasteiger partial charge in [0.2, 0.25) is 0 Å². The number of hydrogen-bond acceptors (Lipinski definition) is 1. The molecule has 0 aliphatic rings. The van der Waals surface area contributed by atoms with Gasteiger partial charge in [-0.15, -0.1) is 6.42 Å². The molecule has 72 valence electrons. The van der Waals surface area contributed by atoms with Gasteiger partial charge in [0.05, 0.1) is 6.54 Å². The summed E-state index contributed by atoms with van der Waals surface area (Å²) in [6.45, 7) is 5.21. The Labute approximate surface area is 89.8 Å². The molecule has 0 amide bonds. The molecule has 0 saturated heterocycles. The van der Waals surface area contributed by atoms with Gasteiger partial charge < -0.3 is 5.32 Å². The Morgan fingerprint density at radius 2 is 2.07 bits per heavy atom. The lowest BCUT2D eigenvalue weighted by molar-refractivity contribution is 0.868. The number of rotatable bonds is 4. The van der Waals surface area contributed by atoms with Crippen molar-refractivity contribution in [1.82, 2.24) is 5.32 Å². The van der Waals surface area contributed by atoms with Crippen LogP contribution in [-0.4, -0.2) is 13.1 Å². The summed E-state index contributed by atoms with van der Waals surface area (Å²) in [5.41, 5.74) is 2.09. The van der Waals surface area contributed by atoms with Gasteiger partial charge in [-0.2, -0.15) is 0 Å². The third-order valence-electron chi connectivity index (χ3n) is 1.82. The molecule has 0 atom stereocenters. The van der Waals surface area contributed by atoms with E-state index in [9.17, 15) is 0 Å². The standard InChI is InChI=1S/C12H12ClN/c1-3-8-14-9-10(2)11-4-6-12(13)7-5-11/h1,4-7,14H,2,8-9H2. The molecule has 0 bridgehead atoms. The second-order valence-electron chi connectivity index (χ2n) is 2.92. The predicted octanol–water partition coefficient (Wildman–Crippen LogP) is 2.58. The van der Waals surface area contributed by atoms with E-state index in [1.165, 1.54) is 0 Å². The molecule has 1 N–H and O–H groups in total. The number of halogens is 1. The van der Waals surface area contributed by atoms with E-state index in [2.05, 4.69) is 17.8 Å². The van der Waals surface area contributed by atoms with E-state index in [1.807, 2.05) is 24.3 Å². The Balaban J connectivity index is 2.53. The summed E-state index contributed by atoms with van der Waals surface area (Å²) >= 11 is 5.77. The maximum Gasteiger partial charge on any atom is 0.0576 e. The second-order valence-corrected chi connectivity index (χ2v) is 3.35. The first kappa shape index (κ1) is 10.8. The summed E-state index contributed by atoms with van der Waals surface area (Å²) in [7, 11) is 0. The summed E-state index contributed by atoms with van der Waals surface area (Å²) in [5, 5.41) is 3.81. The fraction of sp³-hybridized carbons (Fsp3) is 0.167. The van der Waals surface area contributed by atoms with Crippen molar-refractivity contribution in [2.24, 2.45) is 0 Å². The van der Waals surface area contributed by atoms with Gasteiger partial charge in [0.25, 0.3) is 0 Å². The van der Waals surface area contributed by atoms with Crippen LogP contribution in [0.4, 0.5) is 0 Å². The molecule has 2 heteroatoms. The predicted molar refractivity (Wildman–Crippen MR) is 62.2 cm³/mol. The Morgan fingerprint density at radius 1 is 1.43 bits per heavy atom. The average Bonchev–Trinajstić information content (AvgIpc) is 2.19. The SMILES string of the molecule is C#CCNCC(=C)c1ccc(Cl)cc1. The fourth-order valence-electron chi connectivity index (χ4n) is 1.07. The molecule has 0 unspecified atom stereocenters. The number of hydrogen-bond donors (Lipinski definition) is 1. The van der Waals surface area contributed by atoms with Crippen LogP contribution in [0.5, 0.6) is 0 Å². The number of benzene rings is 1. The van der Waals surface area contributed by atoms with Crippen LogP contribution in [0.15, 0.2) is 30.8 Å². The smallest absolute Gasteiger partial charge is 0.0576 e. The Morgan fingerprint density at radius 3 is 2.64 bits per heavy atom. The van der Waals surface area contributed by atoms with E-state index in [0.29, 0.717) is 13.1 Å². The highest BCUT2D eigenvalue weighted by Gasteiger charge is 1.97. The first-order valence-electron chi connectivity index (χ1n) is 4.32. The Hall–Kier alpha value is -1.23. The molecule has 1 rings (SSSR count). The number of nitrogens with one attached hydrogen (secondary N) is 1. The van der Waals surface area contributed by atoms with E-state index in [0.717, 1.165) is 16.2 Å². The van der Waals surface area contributed by atoms with Crippen molar-refractivity contribution in [1.29, 1.82) is 0 Å². The van der Waals surface area contributed by atoms with Gasteiger partial charge in [0, 0.05) is 11.6 Å². The maximum absolute atomic E-state index is 5.77. The van der Waals surface area contributed by atoms with Crippen molar-refractivity contribution in [2.45, 2.75) is 0 Å². The van der Waals surface area contributed by atoms with Crippen molar-refractivity contribution in [3.8, 4) is 12.3 Å². The molecule has 0 radical (unpaired) electrons.